The number of hydrogen-bond acceptors (Lipinski definition) is 2. The molecule has 1 heterocycles. The lowest BCUT2D eigenvalue weighted by atomic mass is 10.0. The van der Waals surface area contributed by atoms with Gasteiger partial charge in [0.25, 0.3) is 0 Å². The number of nitrogens with zero attached hydrogens (tertiary/aromatic N) is 1. The Morgan fingerprint density at radius 2 is 1.88 bits per heavy atom. The smallest absolute Gasteiger partial charge is 0.0968 e. The van der Waals surface area contributed by atoms with E-state index in [0.29, 0.717) is 0 Å². The van der Waals surface area contributed by atoms with Gasteiger partial charge in [-0.2, -0.15) is 5.10 Å². The molecule has 1 aromatic heterocycles. The maximum absolute atomic E-state index is 4.40. The van der Waals surface area contributed by atoms with Gasteiger partial charge in [0.1, 0.15) is 0 Å². The molecule has 0 aliphatic rings. The predicted octanol–water partition coefficient (Wildman–Crippen LogP) is 2.80. The van der Waals surface area contributed by atoms with Crippen LogP contribution in [0.3, 0.4) is 0 Å². The van der Waals surface area contributed by atoms with Gasteiger partial charge in [-0.3, -0.25) is 5.10 Å². The number of rotatable bonds is 4. The van der Waals surface area contributed by atoms with E-state index in [9.17, 15) is 0 Å². The van der Waals surface area contributed by atoms with E-state index >= 15 is 0 Å². The quantitative estimate of drug-likeness (QED) is 0.846. The average molecular weight is 229 g/mol. The average Bonchev–Trinajstić information content (AvgIpc) is 2.69. The van der Waals surface area contributed by atoms with Gasteiger partial charge in [-0.15, -0.1) is 0 Å². The van der Waals surface area contributed by atoms with Crippen molar-refractivity contribution in [1.29, 1.82) is 0 Å². The van der Waals surface area contributed by atoms with E-state index in [1.807, 2.05) is 0 Å². The maximum Gasteiger partial charge on any atom is 0.0968 e. The van der Waals surface area contributed by atoms with Crippen LogP contribution in [0.15, 0.2) is 24.3 Å². The van der Waals surface area contributed by atoms with E-state index in [1.54, 1.807) is 0 Å². The van der Waals surface area contributed by atoms with Crippen LogP contribution in [0, 0.1) is 13.8 Å². The summed E-state index contributed by atoms with van der Waals surface area (Å²) in [5.41, 5.74) is 5.91. The number of aryl methyl sites for hydroxylation is 2. The van der Waals surface area contributed by atoms with E-state index in [-0.39, 0.29) is 0 Å². The molecule has 90 valence electrons. The third-order valence-electron chi connectivity index (χ3n) is 2.95. The largest absolute Gasteiger partial charge is 0.313 e. The molecule has 2 N–H and O–H groups in total. The SMILES string of the molecule is CCNCc1c(-c2ccc(C)cc2)n[nH]c1C. The molecule has 17 heavy (non-hydrogen) atoms. The number of benzene rings is 1. The highest BCUT2D eigenvalue weighted by Crippen LogP contribution is 2.23. The molecule has 0 aliphatic heterocycles. The molecule has 0 atom stereocenters. The second-order valence-electron chi connectivity index (χ2n) is 4.32. The van der Waals surface area contributed by atoms with Crippen LogP contribution < -0.4 is 5.32 Å². The van der Waals surface area contributed by atoms with Crippen LogP contribution in [0.25, 0.3) is 11.3 Å². The number of hydrogen-bond donors (Lipinski definition) is 2. The van der Waals surface area contributed by atoms with Gasteiger partial charge < -0.3 is 5.32 Å². The zero-order valence-electron chi connectivity index (χ0n) is 10.7. The number of H-pyrrole nitrogens is 1. The van der Waals surface area contributed by atoms with E-state index in [1.165, 1.54) is 16.7 Å². The molecule has 0 spiro atoms. The van der Waals surface area contributed by atoms with Crippen molar-refractivity contribution in [3.8, 4) is 11.3 Å². The summed E-state index contributed by atoms with van der Waals surface area (Å²) >= 11 is 0. The first kappa shape index (κ1) is 11.9. The topological polar surface area (TPSA) is 40.7 Å². The Labute approximate surface area is 102 Å². The van der Waals surface area contributed by atoms with Crippen molar-refractivity contribution in [1.82, 2.24) is 15.5 Å². The van der Waals surface area contributed by atoms with Crippen LogP contribution in [0.5, 0.6) is 0 Å². The first-order chi connectivity index (χ1) is 8.22. The monoisotopic (exact) mass is 229 g/mol. The van der Waals surface area contributed by atoms with E-state index in [4.69, 9.17) is 0 Å². The Balaban J connectivity index is 2.34. The standard InChI is InChI=1S/C14H19N3/c1-4-15-9-13-11(3)16-17-14(13)12-7-5-10(2)6-8-12/h5-8,15H,4,9H2,1-3H3,(H,16,17). The lowest BCUT2D eigenvalue weighted by Gasteiger charge is -2.05. The summed E-state index contributed by atoms with van der Waals surface area (Å²) in [7, 11) is 0. The lowest BCUT2D eigenvalue weighted by molar-refractivity contribution is 0.725. The van der Waals surface area contributed by atoms with Crippen molar-refractivity contribution in [2.45, 2.75) is 27.3 Å². The van der Waals surface area contributed by atoms with Gasteiger partial charge in [0.15, 0.2) is 0 Å². The fourth-order valence-electron chi connectivity index (χ4n) is 1.87. The highest BCUT2D eigenvalue weighted by molar-refractivity contribution is 5.64. The summed E-state index contributed by atoms with van der Waals surface area (Å²) in [5, 5.41) is 10.8. The minimum absolute atomic E-state index is 0.863. The van der Waals surface area contributed by atoms with Crippen molar-refractivity contribution < 1.29 is 0 Å². The Morgan fingerprint density at radius 3 is 2.53 bits per heavy atom. The van der Waals surface area contributed by atoms with E-state index in [2.05, 4.69) is 60.6 Å². The third-order valence-corrected chi connectivity index (χ3v) is 2.95. The molecule has 0 amide bonds. The van der Waals surface area contributed by atoms with Gasteiger partial charge in [0, 0.05) is 23.4 Å². The molecule has 2 rings (SSSR count). The van der Waals surface area contributed by atoms with Gasteiger partial charge in [-0.25, -0.2) is 0 Å². The van der Waals surface area contributed by atoms with Crippen molar-refractivity contribution >= 4 is 0 Å². The molecule has 0 saturated carbocycles. The Bertz CT molecular complexity index is 483. The van der Waals surface area contributed by atoms with Crippen molar-refractivity contribution in [3.05, 3.63) is 41.1 Å². The van der Waals surface area contributed by atoms with Crippen LogP contribution in [0.1, 0.15) is 23.7 Å². The molecule has 3 heteroatoms. The molecule has 2 aromatic rings. The predicted molar refractivity (Wildman–Crippen MR) is 70.9 cm³/mol. The van der Waals surface area contributed by atoms with Crippen LogP contribution in [0.2, 0.25) is 0 Å². The van der Waals surface area contributed by atoms with Crippen molar-refractivity contribution in [3.63, 3.8) is 0 Å². The van der Waals surface area contributed by atoms with Crippen LogP contribution in [-0.4, -0.2) is 16.7 Å². The summed E-state index contributed by atoms with van der Waals surface area (Å²) < 4.78 is 0. The molecular formula is C14H19N3. The van der Waals surface area contributed by atoms with Gasteiger partial charge in [0.2, 0.25) is 0 Å². The molecular weight excluding hydrogens is 210 g/mol. The van der Waals surface area contributed by atoms with Crippen LogP contribution in [0.4, 0.5) is 0 Å². The third kappa shape index (κ3) is 2.56. The number of nitrogens with one attached hydrogen (secondary N) is 2. The zero-order chi connectivity index (χ0) is 12.3. The summed E-state index contributed by atoms with van der Waals surface area (Å²) in [4.78, 5) is 0. The van der Waals surface area contributed by atoms with Crippen molar-refractivity contribution in [2.75, 3.05) is 6.54 Å². The molecule has 0 unspecified atom stereocenters. The Hall–Kier alpha value is -1.61. The molecule has 0 saturated heterocycles. The van der Waals surface area contributed by atoms with Gasteiger partial charge in [-0.05, 0) is 20.4 Å². The molecule has 3 nitrogen and oxygen atoms in total. The highest BCUT2D eigenvalue weighted by Gasteiger charge is 2.11. The second kappa shape index (κ2) is 5.15. The molecule has 0 fully saturated rings. The maximum atomic E-state index is 4.40. The summed E-state index contributed by atoms with van der Waals surface area (Å²) in [6.07, 6.45) is 0. The zero-order valence-corrected chi connectivity index (χ0v) is 10.7. The summed E-state index contributed by atoms with van der Waals surface area (Å²) in [5.74, 6) is 0. The first-order valence-electron chi connectivity index (χ1n) is 6.04. The van der Waals surface area contributed by atoms with Crippen LogP contribution in [-0.2, 0) is 6.54 Å². The van der Waals surface area contributed by atoms with Crippen molar-refractivity contribution in [2.24, 2.45) is 0 Å². The Kier molecular flexibility index (Phi) is 3.59. The highest BCUT2D eigenvalue weighted by atomic mass is 15.1. The van der Waals surface area contributed by atoms with E-state index < -0.39 is 0 Å². The fraction of sp³-hybridized carbons (Fsp3) is 0.357. The Morgan fingerprint density at radius 1 is 1.18 bits per heavy atom. The first-order valence-corrected chi connectivity index (χ1v) is 6.04. The summed E-state index contributed by atoms with van der Waals surface area (Å²) in [6, 6.07) is 8.49. The molecule has 0 bridgehead atoms. The van der Waals surface area contributed by atoms with E-state index in [0.717, 1.165) is 24.5 Å². The minimum atomic E-state index is 0.863. The lowest BCUT2D eigenvalue weighted by Crippen LogP contribution is -2.12. The minimum Gasteiger partial charge on any atom is -0.313 e. The second-order valence-corrected chi connectivity index (χ2v) is 4.32. The van der Waals surface area contributed by atoms with Gasteiger partial charge >= 0.3 is 0 Å². The molecule has 0 aliphatic carbocycles. The van der Waals surface area contributed by atoms with Gasteiger partial charge in [0.05, 0.1) is 5.69 Å². The molecule has 1 aromatic carbocycles. The number of aromatic amines is 1. The number of aromatic nitrogens is 2. The normalized spacial score (nSPS) is 10.8. The van der Waals surface area contributed by atoms with Crippen LogP contribution >= 0.6 is 0 Å². The summed E-state index contributed by atoms with van der Waals surface area (Å²) in [6.45, 7) is 8.11. The van der Waals surface area contributed by atoms with Gasteiger partial charge in [-0.1, -0.05) is 36.8 Å². The molecule has 0 radical (unpaired) electrons. The fourth-order valence-corrected chi connectivity index (χ4v) is 1.87.